The fourth-order valence-electron chi connectivity index (χ4n) is 4.13. The number of anilines is 1. The molecule has 4 heterocycles. The molecule has 0 amide bonds. The zero-order chi connectivity index (χ0) is 23.5. The van der Waals surface area contributed by atoms with Crippen LogP contribution in [-0.4, -0.2) is 43.2 Å². The predicted molar refractivity (Wildman–Crippen MR) is 126 cm³/mol. The molecular weight excluding hydrogens is 428 g/mol. The Hall–Kier alpha value is -4.16. The number of pyridine rings is 1. The van der Waals surface area contributed by atoms with Gasteiger partial charge in [0, 0.05) is 29.9 Å². The van der Waals surface area contributed by atoms with Gasteiger partial charge in [-0.15, -0.1) is 5.10 Å². The summed E-state index contributed by atoms with van der Waals surface area (Å²) in [6, 6.07) is 17.3. The highest BCUT2D eigenvalue weighted by molar-refractivity contribution is 5.68. The standard InChI is InChI=1S/C25H24N8O/c1-25(8-10-34-11-9-25)23-7-3-6-19(28-23)15-33-16-22(31-32-33)21-13-20(29-24(27)30-21)18-5-2-4-17(12-18)14-26/h2-7,12-13,16H,8-11,15H2,1H3,(H2,27,29,30). The van der Waals surface area contributed by atoms with E-state index in [0.29, 0.717) is 29.2 Å². The quantitative estimate of drug-likeness (QED) is 0.488. The molecule has 9 heteroatoms. The number of ether oxygens (including phenoxy) is 1. The predicted octanol–water partition coefficient (Wildman–Crippen LogP) is 3.37. The molecule has 3 aromatic heterocycles. The van der Waals surface area contributed by atoms with Gasteiger partial charge in [0.1, 0.15) is 5.69 Å². The molecular formula is C25H24N8O. The van der Waals surface area contributed by atoms with Crippen LogP contribution in [0.25, 0.3) is 22.6 Å². The summed E-state index contributed by atoms with van der Waals surface area (Å²) >= 11 is 0. The van der Waals surface area contributed by atoms with Crippen molar-refractivity contribution in [3.63, 3.8) is 0 Å². The molecule has 1 fully saturated rings. The van der Waals surface area contributed by atoms with Crippen molar-refractivity contribution in [3.05, 3.63) is 71.7 Å². The zero-order valence-corrected chi connectivity index (χ0v) is 18.8. The van der Waals surface area contributed by atoms with Gasteiger partial charge in [0.25, 0.3) is 0 Å². The van der Waals surface area contributed by atoms with Gasteiger partial charge < -0.3 is 10.5 Å². The normalized spacial score (nSPS) is 15.1. The zero-order valence-electron chi connectivity index (χ0n) is 18.8. The Bertz CT molecular complexity index is 1370. The Kier molecular flexibility index (Phi) is 5.74. The van der Waals surface area contributed by atoms with E-state index in [1.807, 2.05) is 30.5 Å². The third-order valence-corrected chi connectivity index (χ3v) is 6.18. The Morgan fingerprint density at radius 1 is 1.03 bits per heavy atom. The summed E-state index contributed by atoms with van der Waals surface area (Å²) in [5.74, 6) is 0.128. The van der Waals surface area contributed by atoms with Gasteiger partial charge in [-0.2, -0.15) is 5.26 Å². The molecule has 4 aromatic rings. The highest BCUT2D eigenvalue weighted by atomic mass is 16.5. The molecule has 34 heavy (non-hydrogen) atoms. The molecule has 1 aromatic carbocycles. The molecule has 0 bridgehead atoms. The minimum atomic E-state index is 0.0273. The number of aromatic nitrogens is 6. The second-order valence-corrected chi connectivity index (χ2v) is 8.68. The summed E-state index contributed by atoms with van der Waals surface area (Å²) < 4.78 is 7.27. The van der Waals surface area contributed by atoms with Gasteiger partial charge in [0.15, 0.2) is 0 Å². The van der Waals surface area contributed by atoms with Crippen molar-refractivity contribution in [2.24, 2.45) is 0 Å². The number of rotatable bonds is 5. The Morgan fingerprint density at radius 3 is 2.65 bits per heavy atom. The molecule has 0 aliphatic carbocycles. The maximum absolute atomic E-state index is 9.19. The second-order valence-electron chi connectivity index (χ2n) is 8.68. The van der Waals surface area contributed by atoms with E-state index in [9.17, 15) is 5.26 Å². The van der Waals surface area contributed by atoms with E-state index in [0.717, 1.165) is 43.0 Å². The van der Waals surface area contributed by atoms with E-state index in [1.54, 1.807) is 22.9 Å². The molecule has 0 radical (unpaired) electrons. The largest absolute Gasteiger partial charge is 0.381 e. The van der Waals surface area contributed by atoms with Gasteiger partial charge in [-0.1, -0.05) is 30.3 Å². The van der Waals surface area contributed by atoms with Crippen LogP contribution in [0.2, 0.25) is 0 Å². The molecule has 0 spiro atoms. The number of nitriles is 1. The topological polar surface area (TPSA) is 128 Å². The molecule has 2 N–H and O–H groups in total. The van der Waals surface area contributed by atoms with E-state index in [1.165, 1.54) is 0 Å². The monoisotopic (exact) mass is 452 g/mol. The Labute approximate surface area is 197 Å². The molecule has 1 saturated heterocycles. The van der Waals surface area contributed by atoms with E-state index in [4.69, 9.17) is 15.5 Å². The van der Waals surface area contributed by atoms with Crippen LogP contribution in [0.5, 0.6) is 0 Å². The van der Waals surface area contributed by atoms with Gasteiger partial charge >= 0.3 is 0 Å². The van der Waals surface area contributed by atoms with Crippen molar-refractivity contribution in [2.75, 3.05) is 18.9 Å². The average Bonchev–Trinajstić information content (AvgIpc) is 3.33. The van der Waals surface area contributed by atoms with Gasteiger partial charge in [-0.05, 0) is 43.2 Å². The first-order chi connectivity index (χ1) is 16.5. The molecule has 5 rings (SSSR count). The first-order valence-corrected chi connectivity index (χ1v) is 11.1. The SMILES string of the molecule is CC1(c2cccc(Cn3cc(-c4cc(-c5cccc(C#N)c5)nc(N)n4)nn3)n2)CCOCC1. The molecule has 1 aliphatic rings. The minimum Gasteiger partial charge on any atom is -0.381 e. The summed E-state index contributed by atoms with van der Waals surface area (Å²) in [6.45, 7) is 4.27. The highest BCUT2D eigenvalue weighted by Gasteiger charge is 2.30. The summed E-state index contributed by atoms with van der Waals surface area (Å²) in [6.07, 6.45) is 3.75. The molecule has 9 nitrogen and oxygen atoms in total. The second kappa shape index (κ2) is 9.00. The summed E-state index contributed by atoms with van der Waals surface area (Å²) in [7, 11) is 0. The maximum atomic E-state index is 9.19. The fourth-order valence-corrected chi connectivity index (χ4v) is 4.13. The summed E-state index contributed by atoms with van der Waals surface area (Å²) in [5.41, 5.74) is 11.1. The van der Waals surface area contributed by atoms with Crippen molar-refractivity contribution < 1.29 is 4.74 Å². The number of hydrogen-bond acceptors (Lipinski definition) is 8. The van der Waals surface area contributed by atoms with Crippen LogP contribution in [0, 0.1) is 11.3 Å². The van der Waals surface area contributed by atoms with Crippen LogP contribution in [0.4, 0.5) is 5.95 Å². The van der Waals surface area contributed by atoms with Crippen LogP contribution >= 0.6 is 0 Å². The first kappa shape index (κ1) is 21.7. The number of nitrogens with two attached hydrogens (primary N) is 1. The average molecular weight is 453 g/mol. The Balaban J connectivity index is 1.39. The van der Waals surface area contributed by atoms with Crippen LogP contribution in [0.15, 0.2) is 54.7 Å². The van der Waals surface area contributed by atoms with Crippen LogP contribution in [0.3, 0.4) is 0 Å². The maximum Gasteiger partial charge on any atom is 0.221 e. The number of benzene rings is 1. The van der Waals surface area contributed by atoms with E-state index in [2.05, 4.69) is 39.3 Å². The number of nitrogens with zero attached hydrogens (tertiary/aromatic N) is 7. The molecule has 1 aliphatic heterocycles. The van der Waals surface area contributed by atoms with Crippen molar-refractivity contribution in [2.45, 2.75) is 31.7 Å². The van der Waals surface area contributed by atoms with E-state index < -0.39 is 0 Å². The fraction of sp³-hybridized carbons (Fsp3) is 0.280. The van der Waals surface area contributed by atoms with Crippen molar-refractivity contribution in [3.8, 4) is 28.7 Å². The smallest absolute Gasteiger partial charge is 0.221 e. The van der Waals surface area contributed by atoms with Gasteiger partial charge in [0.05, 0.1) is 41.5 Å². The highest BCUT2D eigenvalue weighted by Crippen LogP contribution is 2.33. The van der Waals surface area contributed by atoms with E-state index >= 15 is 0 Å². The number of hydrogen-bond donors (Lipinski definition) is 1. The number of nitrogen functional groups attached to an aromatic ring is 1. The van der Waals surface area contributed by atoms with Crippen molar-refractivity contribution in [1.29, 1.82) is 5.26 Å². The molecule has 170 valence electrons. The minimum absolute atomic E-state index is 0.0273. The lowest BCUT2D eigenvalue weighted by Gasteiger charge is -2.33. The van der Waals surface area contributed by atoms with Crippen molar-refractivity contribution >= 4 is 5.95 Å². The third-order valence-electron chi connectivity index (χ3n) is 6.18. The third kappa shape index (κ3) is 4.49. The lowest BCUT2D eigenvalue weighted by Crippen LogP contribution is -2.31. The molecule has 0 atom stereocenters. The van der Waals surface area contributed by atoms with Gasteiger partial charge in [0.2, 0.25) is 5.95 Å². The van der Waals surface area contributed by atoms with Gasteiger partial charge in [-0.3, -0.25) is 4.98 Å². The summed E-state index contributed by atoms with van der Waals surface area (Å²) in [4.78, 5) is 13.6. The van der Waals surface area contributed by atoms with Crippen molar-refractivity contribution in [1.82, 2.24) is 29.9 Å². The lowest BCUT2D eigenvalue weighted by molar-refractivity contribution is 0.0550. The molecule has 0 saturated carbocycles. The van der Waals surface area contributed by atoms with Crippen LogP contribution in [-0.2, 0) is 16.7 Å². The first-order valence-electron chi connectivity index (χ1n) is 11.1. The molecule has 0 unspecified atom stereocenters. The lowest BCUT2D eigenvalue weighted by atomic mass is 9.79. The summed E-state index contributed by atoms with van der Waals surface area (Å²) in [5, 5.41) is 17.7. The van der Waals surface area contributed by atoms with E-state index in [-0.39, 0.29) is 11.4 Å². The van der Waals surface area contributed by atoms with Gasteiger partial charge in [-0.25, -0.2) is 14.6 Å². The van der Waals surface area contributed by atoms with Crippen LogP contribution in [0.1, 0.15) is 36.7 Å². The van der Waals surface area contributed by atoms with Crippen LogP contribution < -0.4 is 5.73 Å². The Morgan fingerprint density at radius 2 is 1.82 bits per heavy atom.